The Bertz CT molecular complexity index is 957. The second-order valence-corrected chi connectivity index (χ2v) is 10.9. The second-order valence-electron chi connectivity index (χ2n) is 10.9. The number of ether oxygens (including phenoxy) is 2. The van der Waals surface area contributed by atoms with E-state index in [1.54, 1.807) is 37.3 Å². The highest BCUT2D eigenvalue weighted by Crippen LogP contribution is 2.32. The number of likely N-dealkylation sites (N-methyl/N-ethyl adjacent to an activating group) is 1. The normalized spacial score (nSPS) is 26.3. The molecule has 0 radical (unpaired) electrons. The van der Waals surface area contributed by atoms with E-state index in [0.29, 0.717) is 30.1 Å². The topological polar surface area (TPSA) is 88.2 Å². The molecule has 0 bridgehead atoms. The SMILES string of the molecule is CO[C@@H]1CN(C)C(=O)c2ccc(NC(=O)C3CC3)cc2OC[C@@H](C)N(C(=O)C2CCCCC2)C[C@H]1C. The number of hydrogen-bond donors (Lipinski definition) is 1. The van der Waals surface area contributed by atoms with E-state index in [4.69, 9.17) is 9.47 Å². The minimum atomic E-state index is -0.214. The Morgan fingerprint density at radius 3 is 2.42 bits per heavy atom. The van der Waals surface area contributed by atoms with E-state index in [1.165, 1.54) is 6.42 Å². The van der Waals surface area contributed by atoms with Crippen LogP contribution in [-0.2, 0) is 14.3 Å². The smallest absolute Gasteiger partial charge is 0.257 e. The first-order valence-electron chi connectivity index (χ1n) is 13.4. The Morgan fingerprint density at radius 1 is 1.03 bits per heavy atom. The number of anilines is 1. The van der Waals surface area contributed by atoms with Crippen LogP contribution < -0.4 is 10.1 Å². The van der Waals surface area contributed by atoms with Crippen molar-refractivity contribution in [1.82, 2.24) is 9.80 Å². The van der Waals surface area contributed by atoms with Crippen LogP contribution in [0.3, 0.4) is 0 Å². The van der Waals surface area contributed by atoms with Crippen molar-refractivity contribution in [3.05, 3.63) is 23.8 Å². The quantitative estimate of drug-likeness (QED) is 0.678. The number of nitrogens with zero attached hydrogens (tertiary/aromatic N) is 2. The highest BCUT2D eigenvalue weighted by Gasteiger charge is 2.34. The van der Waals surface area contributed by atoms with Crippen molar-refractivity contribution in [1.29, 1.82) is 0 Å². The monoisotopic (exact) mass is 499 g/mol. The maximum absolute atomic E-state index is 13.6. The maximum atomic E-state index is 13.6. The van der Waals surface area contributed by atoms with Gasteiger partial charge in [0.2, 0.25) is 11.8 Å². The maximum Gasteiger partial charge on any atom is 0.257 e. The molecule has 3 atom stereocenters. The lowest BCUT2D eigenvalue weighted by atomic mass is 9.87. The molecule has 1 aliphatic heterocycles. The molecular formula is C28H41N3O5. The Kier molecular flexibility index (Phi) is 8.54. The summed E-state index contributed by atoms with van der Waals surface area (Å²) in [5, 5.41) is 2.94. The summed E-state index contributed by atoms with van der Waals surface area (Å²) in [5.74, 6) is 0.623. The number of carbonyl (C=O) groups is 3. The van der Waals surface area contributed by atoms with E-state index >= 15 is 0 Å². The summed E-state index contributed by atoms with van der Waals surface area (Å²) in [4.78, 5) is 42.9. The lowest BCUT2D eigenvalue weighted by molar-refractivity contribution is -0.141. The first kappa shape index (κ1) is 26.5. The molecule has 0 aromatic heterocycles. The summed E-state index contributed by atoms with van der Waals surface area (Å²) in [7, 11) is 3.42. The number of fused-ring (bicyclic) bond motifs is 1. The summed E-state index contributed by atoms with van der Waals surface area (Å²) in [6.45, 7) is 5.29. The molecule has 2 saturated carbocycles. The zero-order valence-corrected chi connectivity index (χ0v) is 22.1. The van der Waals surface area contributed by atoms with Crippen molar-refractivity contribution >= 4 is 23.4 Å². The van der Waals surface area contributed by atoms with Gasteiger partial charge >= 0.3 is 0 Å². The van der Waals surface area contributed by atoms with Crippen LogP contribution in [0, 0.1) is 17.8 Å². The largest absolute Gasteiger partial charge is 0.491 e. The Balaban J connectivity index is 1.62. The number of amides is 3. The van der Waals surface area contributed by atoms with Gasteiger partial charge in [0.1, 0.15) is 12.4 Å². The summed E-state index contributed by atoms with van der Waals surface area (Å²) >= 11 is 0. The van der Waals surface area contributed by atoms with Crippen molar-refractivity contribution in [2.24, 2.45) is 17.8 Å². The second kappa shape index (κ2) is 11.6. The van der Waals surface area contributed by atoms with Gasteiger partial charge in [0, 0.05) is 56.8 Å². The van der Waals surface area contributed by atoms with Gasteiger partial charge in [-0.15, -0.1) is 0 Å². The fourth-order valence-electron chi connectivity index (χ4n) is 5.33. The fraction of sp³-hybridized carbons (Fsp3) is 0.679. The number of rotatable bonds is 4. The molecule has 36 heavy (non-hydrogen) atoms. The van der Waals surface area contributed by atoms with Gasteiger partial charge in [0.15, 0.2) is 0 Å². The summed E-state index contributed by atoms with van der Waals surface area (Å²) in [6.07, 6.45) is 6.89. The van der Waals surface area contributed by atoms with Crippen LogP contribution in [0.2, 0.25) is 0 Å². The van der Waals surface area contributed by atoms with E-state index in [9.17, 15) is 14.4 Å². The third-order valence-corrected chi connectivity index (χ3v) is 7.90. The highest BCUT2D eigenvalue weighted by molar-refractivity contribution is 5.99. The van der Waals surface area contributed by atoms with Crippen LogP contribution in [-0.4, -0.2) is 73.5 Å². The van der Waals surface area contributed by atoms with Crippen LogP contribution in [0.4, 0.5) is 5.69 Å². The van der Waals surface area contributed by atoms with Crippen molar-refractivity contribution in [3.8, 4) is 5.75 Å². The van der Waals surface area contributed by atoms with Gasteiger partial charge in [-0.25, -0.2) is 0 Å². The average Bonchev–Trinajstić information content (AvgIpc) is 3.74. The number of carbonyl (C=O) groups excluding carboxylic acids is 3. The number of hydrogen-bond acceptors (Lipinski definition) is 5. The van der Waals surface area contributed by atoms with Crippen LogP contribution in [0.5, 0.6) is 5.75 Å². The Labute approximate surface area is 214 Å². The van der Waals surface area contributed by atoms with Gasteiger partial charge in [0.25, 0.3) is 5.91 Å². The predicted molar refractivity (Wildman–Crippen MR) is 138 cm³/mol. The van der Waals surface area contributed by atoms with Crippen molar-refractivity contribution in [3.63, 3.8) is 0 Å². The molecule has 8 nitrogen and oxygen atoms in total. The van der Waals surface area contributed by atoms with E-state index < -0.39 is 0 Å². The minimum Gasteiger partial charge on any atom is -0.491 e. The first-order chi connectivity index (χ1) is 17.3. The summed E-state index contributed by atoms with van der Waals surface area (Å²) in [5.41, 5.74) is 1.04. The molecule has 0 saturated heterocycles. The van der Waals surface area contributed by atoms with Crippen molar-refractivity contribution in [2.75, 3.05) is 39.2 Å². The molecule has 3 aliphatic rings. The van der Waals surface area contributed by atoms with Gasteiger partial charge < -0.3 is 24.6 Å². The molecule has 0 unspecified atom stereocenters. The number of benzene rings is 1. The average molecular weight is 500 g/mol. The molecule has 2 fully saturated rings. The highest BCUT2D eigenvalue weighted by atomic mass is 16.5. The summed E-state index contributed by atoms with van der Waals surface area (Å²) < 4.78 is 12.0. The van der Waals surface area contributed by atoms with E-state index in [0.717, 1.165) is 38.5 Å². The molecule has 0 spiro atoms. The molecule has 1 heterocycles. The van der Waals surface area contributed by atoms with Crippen LogP contribution in [0.25, 0.3) is 0 Å². The molecule has 198 valence electrons. The van der Waals surface area contributed by atoms with Crippen molar-refractivity contribution in [2.45, 2.75) is 70.9 Å². The molecule has 2 aliphatic carbocycles. The lowest BCUT2D eigenvalue weighted by Gasteiger charge is -2.38. The zero-order chi connectivity index (χ0) is 25.8. The Morgan fingerprint density at radius 2 is 1.75 bits per heavy atom. The lowest BCUT2D eigenvalue weighted by Crippen LogP contribution is -2.50. The zero-order valence-electron chi connectivity index (χ0n) is 22.1. The van der Waals surface area contributed by atoms with Gasteiger partial charge in [-0.1, -0.05) is 26.2 Å². The predicted octanol–water partition coefficient (Wildman–Crippen LogP) is 3.95. The molecule has 3 amide bonds. The van der Waals surface area contributed by atoms with Gasteiger partial charge in [-0.3, -0.25) is 14.4 Å². The summed E-state index contributed by atoms with van der Waals surface area (Å²) in [6, 6.07) is 5.01. The molecule has 4 rings (SSSR count). The number of nitrogens with one attached hydrogen (secondary N) is 1. The number of methoxy groups -OCH3 is 1. The molecule has 1 aromatic rings. The Hall–Kier alpha value is -2.61. The van der Waals surface area contributed by atoms with Gasteiger partial charge in [0.05, 0.1) is 17.7 Å². The third-order valence-electron chi connectivity index (χ3n) is 7.90. The van der Waals surface area contributed by atoms with Crippen LogP contribution in [0.15, 0.2) is 18.2 Å². The molecule has 8 heteroatoms. The fourth-order valence-corrected chi connectivity index (χ4v) is 5.33. The van der Waals surface area contributed by atoms with E-state index in [2.05, 4.69) is 12.2 Å². The van der Waals surface area contributed by atoms with Crippen molar-refractivity contribution < 1.29 is 23.9 Å². The van der Waals surface area contributed by atoms with Gasteiger partial charge in [-0.2, -0.15) is 0 Å². The van der Waals surface area contributed by atoms with E-state index in [-0.39, 0.29) is 54.2 Å². The molecular weight excluding hydrogens is 458 g/mol. The van der Waals surface area contributed by atoms with Crippen LogP contribution >= 0.6 is 0 Å². The molecule has 1 aromatic carbocycles. The molecule has 1 N–H and O–H groups in total. The minimum absolute atomic E-state index is 0.00101. The first-order valence-corrected chi connectivity index (χ1v) is 13.4. The third kappa shape index (κ3) is 6.20. The van der Waals surface area contributed by atoms with Gasteiger partial charge in [-0.05, 0) is 44.7 Å². The van der Waals surface area contributed by atoms with Crippen LogP contribution in [0.1, 0.15) is 69.2 Å². The standard InChI is InChI=1S/C28H41N3O5/c1-18-15-31(27(33)21-8-6-5-7-9-21)19(2)17-36-24-14-22(29-26(32)20-10-11-20)12-13-23(24)28(34)30(3)16-25(18)35-4/h12-14,18-21,25H,5-11,15-17H2,1-4H3,(H,29,32)/t18-,19-,25-/m1/s1. The van der Waals surface area contributed by atoms with E-state index in [1.807, 2.05) is 11.8 Å².